The van der Waals surface area contributed by atoms with Crippen LogP contribution in [-0.4, -0.2) is 38.6 Å². The average Bonchev–Trinajstić information content (AvgIpc) is 3.48. The molecule has 0 radical (unpaired) electrons. The van der Waals surface area contributed by atoms with Crippen molar-refractivity contribution in [1.29, 1.82) is 0 Å². The van der Waals surface area contributed by atoms with Crippen molar-refractivity contribution in [2.75, 3.05) is 0 Å². The van der Waals surface area contributed by atoms with Gasteiger partial charge in [-0.05, 0) is 68.7 Å². The van der Waals surface area contributed by atoms with E-state index in [9.17, 15) is 14.4 Å². The number of benzene rings is 3. The minimum absolute atomic E-state index is 0.264. The smallest absolute Gasteiger partial charge is 0.344 e. The van der Waals surface area contributed by atoms with Gasteiger partial charge in [0.15, 0.2) is 0 Å². The number of urea groups is 1. The predicted octanol–water partition coefficient (Wildman–Crippen LogP) is 4.30. The Hall–Kier alpha value is -4.79. The number of hydrogen-bond acceptors (Lipinski definition) is 6. The van der Waals surface area contributed by atoms with Gasteiger partial charge in [0.25, 0.3) is 11.8 Å². The number of aryl methyl sites for hydroxylation is 2. The van der Waals surface area contributed by atoms with Crippen LogP contribution in [0.2, 0.25) is 0 Å². The summed E-state index contributed by atoms with van der Waals surface area (Å²) < 4.78 is 5.78. The zero-order chi connectivity index (χ0) is 26.0. The Balaban J connectivity index is 1.23. The molecule has 0 bridgehead atoms. The van der Waals surface area contributed by atoms with Crippen LogP contribution < -0.4 is 10.7 Å². The third kappa shape index (κ3) is 4.97. The lowest BCUT2D eigenvalue weighted by molar-refractivity contribution is -0.132. The maximum atomic E-state index is 13.0. The first-order valence-corrected chi connectivity index (χ1v) is 11.8. The van der Waals surface area contributed by atoms with Crippen molar-refractivity contribution in [3.05, 3.63) is 95.6 Å². The lowest BCUT2D eigenvalue weighted by Crippen LogP contribution is -2.48. The van der Waals surface area contributed by atoms with Gasteiger partial charge in [-0.1, -0.05) is 48.0 Å². The summed E-state index contributed by atoms with van der Waals surface area (Å²) in [6, 6.07) is 23.2. The summed E-state index contributed by atoms with van der Waals surface area (Å²) in [5.41, 5.74) is 5.19. The van der Waals surface area contributed by atoms with E-state index < -0.39 is 23.4 Å². The lowest BCUT2D eigenvalue weighted by atomic mass is 9.93. The zero-order valence-electron chi connectivity index (χ0n) is 20.4. The molecule has 1 aliphatic rings. The first-order valence-electron chi connectivity index (χ1n) is 11.8. The monoisotopic (exact) mass is 495 g/mol. The molecule has 9 nitrogen and oxygen atoms in total. The normalized spacial score (nSPS) is 17.1. The van der Waals surface area contributed by atoms with Gasteiger partial charge in [0.2, 0.25) is 11.8 Å². The average molecular weight is 496 g/mol. The van der Waals surface area contributed by atoms with Crippen molar-refractivity contribution in [2.24, 2.45) is 0 Å². The summed E-state index contributed by atoms with van der Waals surface area (Å²) in [7, 11) is 0. The van der Waals surface area contributed by atoms with Crippen LogP contribution in [0.3, 0.4) is 0 Å². The molecule has 2 heterocycles. The Bertz CT molecular complexity index is 1450. The van der Waals surface area contributed by atoms with E-state index in [1.54, 1.807) is 31.2 Å². The molecule has 1 fully saturated rings. The molecule has 9 heteroatoms. The number of rotatable bonds is 7. The number of hydrogen-bond donors (Lipinski definition) is 2. The van der Waals surface area contributed by atoms with Crippen LogP contribution in [0.25, 0.3) is 22.9 Å². The Kier molecular flexibility index (Phi) is 6.27. The zero-order valence-corrected chi connectivity index (χ0v) is 20.4. The molecule has 186 valence electrons. The number of carbonyl (C=O) groups excluding carboxylic acids is 3. The van der Waals surface area contributed by atoms with E-state index >= 15 is 0 Å². The summed E-state index contributed by atoms with van der Waals surface area (Å²) in [4.78, 5) is 38.3. The standard InChI is InChI=1S/C28H25N5O4/c1-18-8-10-21(11-9-18)24-30-31-25(37-24)22-14-12-20(13-15-22)23(34)32-33-26(35)28(2,29-27(33)36)17-16-19-6-4-3-5-7-19/h3-15H,16-17H2,1-2H3,(H,29,36)(H,32,34)/t28-/m0/s1. The molecule has 5 rings (SSSR count). The van der Waals surface area contributed by atoms with Gasteiger partial charge in [0, 0.05) is 16.7 Å². The Morgan fingerprint density at radius 1 is 0.919 bits per heavy atom. The van der Waals surface area contributed by atoms with Crippen LogP contribution in [0.5, 0.6) is 0 Å². The Morgan fingerprint density at radius 3 is 2.14 bits per heavy atom. The number of nitrogens with one attached hydrogen (secondary N) is 2. The first kappa shape index (κ1) is 23.9. The molecule has 4 amide bonds. The van der Waals surface area contributed by atoms with Gasteiger partial charge in [-0.3, -0.25) is 15.0 Å². The summed E-state index contributed by atoms with van der Waals surface area (Å²) in [5, 5.41) is 11.6. The van der Waals surface area contributed by atoms with Crippen LogP contribution in [-0.2, 0) is 11.2 Å². The summed E-state index contributed by atoms with van der Waals surface area (Å²) >= 11 is 0. The quantitative estimate of drug-likeness (QED) is 0.369. The molecule has 4 aromatic rings. The molecular formula is C28H25N5O4. The molecule has 1 saturated heterocycles. The highest BCUT2D eigenvalue weighted by atomic mass is 16.4. The molecule has 0 saturated carbocycles. The topological polar surface area (TPSA) is 117 Å². The van der Waals surface area contributed by atoms with Crippen molar-refractivity contribution in [1.82, 2.24) is 25.9 Å². The fraction of sp³-hybridized carbons (Fsp3) is 0.179. The molecule has 3 aromatic carbocycles. The maximum Gasteiger partial charge on any atom is 0.344 e. The SMILES string of the molecule is Cc1ccc(-c2nnc(-c3ccc(C(=O)NN4C(=O)N[C@@](C)(CCc5ccccc5)C4=O)cc3)o2)cc1. The lowest BCUT2D eigenvalue weighted by Gasteiger charge is -2.21. The Labute approximate surface area is 213 Å². The number of nitrogens with zero attached hydrogens (tertiary/aromatic N) is 3. The van der Waals surface area contributed by atoms with E-state index in [-0.39, 0.29) is 5.56 Å². The second-order valence-corrected chi connectivity index (χ2v) is 9.19. The molecular weight excluding hydrogens is 470 g/mol. The number of aromatic nitrogens is 2. The van der Waals surface area contributed by atoms with Gasteiger partial charge < -0.3 is 9.73 Å². The number of imide groups is 1. The summed E-state index contributed by atoms with van der Waals surface area (Å²) in [5.74, 6) is -0.391. The van der Waals surface area contributed by atoms with E-state index in [1.807, 2.05) is 61.5 Å². The third-order valence-electron chi connectivity index (χ3n) is 6.35. The second-order valence-electron chi connectivity index (χ2n) is 9.19. The molecule has 2 N–H and O–H groups in total. The van der Waals surface area contributed by atoms with E-state index in [1.165, 1.54) is 0 Å². The minimum atomic E-state index is -1.11. The van der Waals surface area contributed by atoms with Crippen molar-refractivity contribution >= 4 is 17.8 Å². The molecule has 1 atom stereocenters. The molecule has 1 aliphatic heterocycles. The minimum Gasteiger partial charge on any atom is -0.416 e. The second kappa shape index (κ2) is 9.69. The number of amides is 4. The van der Waals surface area contributed by atoms with Crippen molar-refractivity contribution < 1.29 is 18.8 Å². The predicted molar refractivity (Wildman–Crippen MR) is 136 cm³/mol. The molecule has 0 unspecified atom stereocenters. The van der Waals surface area contributed by atoms with Gasteiger partial charge in [-0.2, -0.15) is 5.01 Å². The summed E-state index contributed by atoms with van der Waals surface area (Å²) in [6.45, 7) is 3.66. The molecule has 0 aliphatic carbocycles. The Morgan fingerprint density at radius 2 is 1.51 bits per heavy atom. The highest BCUT2D eigenvalue weighted by Crippen LogP contribution is 2.25. The fourth-order valence-corrected chi connectivity index (χ4v) is 4.08. The van der Waals surface area contributed by atoms with E-state index in [0.717, 1.165) is 21.7 Å². The van der Waals surface area contributed by atoms with Crippen molar-refractivity contribution in [3.8, 4) is 22.9 Å². The third-order valence-corrected chi connectivity index (χ3v) is 6.35. The van der Waals surface area contributed by atoms with Gasteiger partial charge in [0.1, 0.15) is 5.54 Å². The molecule has 0 spiro atoms. The number of hydrazine groups is 1. The number of carbonyl (C=O) groups is 3. The van der Waals surface area contributed by atoms with Crippen LogP contribution >= 0.6 is 0 Å². The van der Waals surface area contributed by atoms with Gasteiger partial charge in [-0.15, -0.1) is 10.2 Å². The molecule has 37 heavy (non-hydrogen) atoms. The van der Waals surface area contributed by atoms with Gasteiger partial charge >= 0.3 is 6.03 Å². The highest BCUT2D eigenvalue weighted by Gasteiger charge is 2.48. The van der Waals surface area contributed by atoms with Crippen molar-refractivity contribution in [2.45, 2.75) is 32.2 Å². The van der Waals surface area contributed by atoms with Crippen LogP contribution in [0.1, 0.15) is 34.8 Å². The van der Waals surface area contributed by atoms with Crippen LogP contribution in [0.15, 0.2) is 83.3 Å². The van der Waals surface area contributed by atoms with Crippen LogP contribution in [0, 0.1) is 6.92 Å². The van der Waals surface area contributed by atoms with Crippen LogP contribution in [0.4, 0.5) is 4.79 Å². The van der Waals surface area contributed by atoms with Gasteiger partial charge in [-0.25, -0.2) is 4.79 Å². The summed E-state index contributed by atoms with van der Waals surface area (Å²) in [6.07, 6.45) is 1.01. The maximum absolute atomic E-state index is 13.0. The van der Waals surface area contributed by atoms with E-state index in [0.29, 0.717) is 30.2 Å². The largest absolute Gasteiger partial charge is 0.416 e. The van der Waals surface area contributed by atoms with Gasteiger partial charge in [0.05, 0.1) is 0 Å². The van der Waals surface area contributed by atoms with E-state index in [2.05, 4.69) is 20.9 Å². The fourth-order valence-electron chi connectivity index (χ4n) is 4.08. The van der Waals surface area contributed by atoms with Crippen molar-refractivity contribution in [3.63, 3.8) is 0 Å². The first-order chi connectivity index (χ1) is 17.8. The highest BCUT2D eigenvalue weighted by molar-refractivity contribution is 6.09. The van der Waals surface area contributed by atoms with E-state index in [4.69, 9.17) is 4.42 Å². The molecule has 1 aromatic heterocycles.